The highest BCUT2D eigenvalue weighted by molar-refractivity contribution is 6.74. The Labute approximate surface area is 178 Å². The maximum absolute atomic E-state index is 11.0. The Hall–Kier alpha value is -1.07. The predicted molar refractivity (Wildman–Crippen MR) is 125 cm³/mol. The molecule has 0 aliphatic heterocycles. The first kappa shape index (κ1) is 26.0. The molecule has 0 heterocycles. The highest BCUT2D eigenvalue weighted by Crippen LogP contribution is 2.41. The van der Waals surface area contributed by atoms with Gasteiger partial charge in [-0.15, -0.1) is 0 Å². The number of non-ortho nitro benzene ring substituents is 1. The standard InChI is InChI=1S/C21H40N2O4Si2/c1-20(2,3)28(7,8)26-15-18(22)19(27-29(9,10)21(4,5)6)16-11-13-17(14-12-16)23(24)25/h11-14,18-19H,15,22H2,1-10H3/t18-,19-/m1/s1. The van der Waals surface area contributed by atoms with Crippen molar-refractivity contribution in [2.45, 2.75) is 90.0 Å². The van der Waals surface area contributed by atoms with Crippen LogP contribution in [0, 0.1) is 10.1 Å². The van der Waals surface area contributed by atoms with Crippen LogP contribution in [0.25, 0.3) is 0 Å². The van der Waals surface area contributed by atoms with Crippen molar-refractivity contribution in [3.8, 4) is 0 Å². The van der Waals surface area contributed by atoms with Crippen LogP contribution >= 0.6 is 0 Å². The van der Waals surface area contributed by atoms with E-state index in [1.807, 2.05) is 0 Å². The molecule has 0 saturated heterocycles. The van der Waals surface area contributed by atoms with Crippen molar-refractivity contribution in [2.75, 3.05) is 6.61 Å². The summed E-state index contributed by atoms with van der Waals surface area (Å²) in [5.41, 5.74) is 7.52. The molecule has 29 heavy (non-hydrogen) atoms. The third-order valence-corrected chi connectivity index (χ3v) is 15.4. The summed E-state index contributed by atoms with van der Waals surface area (Å²) >= 11 is 0. The molecule has 1 aromatic carbocycles. The third kappa shape index (κ3) is 6.72. The minimum absolute atomic E-state index is 0.0199. The molecule has 2 atom stereocenters. The molecule has 0 bridgehead atoms. The maximum Gasteiger partial charge on any atom is 0.269 e. The number of nitro groups is 1. The average molecular weight is 441 g/mol. The van der Waals surface area contributed by atoms with Crippen LogP contribution in [0.3, 0.4) is 0 Å². The topological polar surface area (TPSA) is 87.6 Å². The molecule has 0 unspecified atom stereocenters. The molecule has 2 N–H and O–H groups in total. The highest BCUT2D eigenvalue weighted by Gasteiger charge is 2.42. The SMILES string of the molecule is CC(C)(C)[Si](C)(C)OC[C@@H](N)[C@H](O[Si](C)(C)C(C)(C)C)c1ccc([N+](=O)[O-])cc1. The Morgan fingerprint density at radius 2 is 1.41 bits per heavy atom. The van der Waals surface area contributed by atoms with E-state index in [4.69, 9.17) is 14.6 Å². The van der Waals surface area contributed by atoms with Crippen molar-refractivity contribution < 1.29 is 13.8 Å². The fourth-order valence-electron chi connectivity index (χ4n) is 2.29. The van der Waals surface area contributed by atoms with E-state index in [-0.39, 0.29) is 27.9 Å². The van der Waals surface area contributed by atoms with Crippen LogP contribution in [-0.2, 0) is 8.85 Å². The van der Waals surface area contributed by atoms with E-state index in [0.29, 0.717) is 6.61 Å². The molecular formula is C21H40N2O4Si2. The number of nitro benzene ring substituents is 1. The zero-order chi connectivity index (χ0) is 22.8. The van der Waals surface area contributed by atoms with Crippen molar-refractivity contribution in [2.24, 2.45) is 5.73 Å². The molecular weight excluding hydrogens is 400 g/mol. The first-order chi connectivity index (χ1) is 12.9. The van der Waals surface area contributed by atoms with Crippen molar-refractivity contribution in [1.29, 1.82) is 0 Å². The van der Waals surface area contributed by atoms with E-state index < -0.39 is 21.6 Å². The third-order valence-electron chi connectivity index (χ3n) is 6.49. The molecule has 1 rings (SSSR count). The molecule has 0 aliphatic rings. The van der Waals surface area contributed by atoms with Gasteiger partial charge in [0.25, 0.3) is 5.69 Å². The van der Waals surface area contributed by atoms with Gasteiger partial charge in [0.1, 0.15) is 0 Å². The lowest BCUT2D eigenvalue weighted by Crippen LogP contribution is -2.49. The van der Waals surface area contributed by atoms with E-state index in [1.165, 1.54) is 12.1 Å². The number of hydrogen-bond donors (Lipinski definition) is 1. The summed E-state index contributed by atoms with van der Waals surface area (Å²) in [6.07, 6.45) is -0.374. The number of nitrogens with two attached hydrogens (primary N) is 1. The zero-order valence-corrected chi connectivity index (χ0v) is 21.8. The van der Waals surface area contributed by atoms with Gasteiger partial charge in [0.05, 0.1) is 23.7 Å². The van der Waals surface area contributed by atoms with Crippen LogP contribution in [0.2, 0.25) is 36.3 Å². The van der Waals surface area contributed by atoms with Crippen molar-refractivity contribution >= 4 is 22.3 Å². The maximum atomic E-state index is 11.0. The molecule has 0 spiro atoms. The van der Waals surface area contributed by atoms with Gasteiger partial charge in [-0.05, 0) is 54.0 Å². The predicted octanol–water partition coefficient (Wildman–Crippen LogP) is 6.01. The van der Waals surface area contributed by atoms with Crippen LogP contribution in [0.15, 0.2) is 24.3 Å². The number of nitrogens with zero attached hydrogens (tertiary/aromatic N) is 1. The Kier molecular flexibility index (Phi) is 8.03. The van der Waals surface area contributed by atoms with Gasteiger partial charge in [-0.2, -0.15) is 0 Å². The van der Waals surface area contributed by atoms with Crippen LogP contribution in [0.1, 0.15) is 53.2 Å². The van der Waals surface area contributed by atoms with E-state index in [0.717, 1.165) is 5.56 Å². The summed E-state index contributed by atoms with van der Waals surface area (Å²) in [5.74, 6) is 0. The van der Waals surface area contributed by atoms with Crippen LogP contribution in [0.5, 0.6) is 0 Å². The van der Waals surface area contributed by atoms with Crippen LogP contribution in [0.4, 0.5) is 5.69 Å². The molecule has 0 radical (unpaired) electrons. The molecule has 0 amide bonds. The number of hydrogen-bond acceptors (Lipinski definition) is 5. The van der Waals surface area contributed by atoms with Gasteiger partial charge in [-0.3, -0.25) is 10.1 Å². The van der Waals surface area contributed by atoms with Crippen LogP contribution in [-0.4, -0.2) is 34.2 Å². The van der Waals surface area contributed by atoms with E-state index in [9.17, 15) is 10.1 Å². The Morgan fingerprint density at radius 1 is 0.966 bits per heavy atom. The van der Waals surface area contributed by atoms with Gasteiger partial charge in [0.2, 0.25) is 0 Å². The molecule has 0 fully saturated rings. The van der Waals surface area contributed by atoms with E-state index >= 15 is 0 Å². The number of benzene rings is 1. The largest absolute Gasteiger partial charge is 0.415 e. The van der Waals surface area contributed by atoms with Crippen LogP contribution < -0.4 is 5.73 Å². The Morgan fingerprint density at radius 3 is 1.79 bits per heavy atom. The van der Waals surface area contributed by atoms with E-state index in [1.54, 1.807) is 12.1 Å². The Bertz CT molecular complexity index is 692. The minimum Gasteiger partial charge on any atom is -0.415 e. The molecule has 8 heteroatoms. The van der Waals surface area contributed by atoms with Gasteiger partial charge in [-0.25, -0.2) is 0 Å². The second-order valence-corrected chi connectivity index (χ2v) is 20.4. The van der Waals surface area contributed by atoms with Crippen molar-refractivity contribution in [1.82, 2.24) is 0 Å². The van der Waals surface area contributed by atoms with Crippen molar-refractivity contribution in [3.05, 3.63) is 39.9 Å². The van der Waals surface area contributed by atoms with Gasteiger partial charge in [0, 0.05) is 12.1 Å². The summed E-state index contributed by atoms with van der Waals surface area (Å²) in [7, 11) is -4.07. The summed E-state index contributed by atoms with van der Waals surface area (Å²) in [6.45, 7) is 22.3. The van der Waals surface area contributed by atoms with Gasteiger partial charge >= 0.3 is 0 Å². The second kappa shape index (κ2) is 8.97. The summed E-state index contributed by atoms with van der Waals surface area (Å²) < 4.78 is 13.0. The Balaban J connectivity index is 3.17. The molecule has 0 saturated carbocycles. The lowest BCUT2D eigenvalue weighted by atomic mass is 10.0. The molecule has 0 aromatic heterocycles. The fraction of sp³-hybridized carbons (Fsp3) is 0.714. The lowest BCUT2D eigenvalue weighted by molar-refractivity contribution is -0.384. The van der Waals surface area contributed by atoms with Gasteiger partial charge < -0.3 is 14.6 Å². The number of rotatable bonds is 8. The first-order valence-electron chi connectivity index (χ1n) is 10.2. The summed E-state index contributed by atoms with van der Waals surface area (Å²) in [4.78, 5) is 10.6. The summed E-state index contributed by atoms with van der Waals surface area (Å²) in [5, 5.41) is 11.1. The average Bonchev–Trinajstić information content (AvgIpc) is 2.55. The molecule has 6 nitrogen and oxygen atoms in total. The van der Waals surface area contributed by atoms with Gasteiger partial charge in [0.15, 0.2) is 16.6 Å². The van der Waals surface area contributed by atoms with Crippen molar-refractivity contribution in [3.63, 3.8) is 0 Å². The monoisotopic (exact) mass is 440 g/mol. The zero-order valence-electron chi connectivity index (χ0n) is 19.8. The first-order valence-corrected chi connectivity index (χ1v) is 16.0. The van der Waals surface area contributed by atoms with E-state index in [2.05, 4.69) is 67.7 Å². The smallest absolute Gasteiger partial charge is 0.269 e. The highest BCUT2D eigenvalue weighted by atomic mass is 28.4. The quantitative estimate of drug-likeness (QED) is 0.304. The molecule has 0 aliphatic carbocycles. The molecule has 166 valence electrons. The second-order valence-electron chi connectivity index (χ2n) is 10.9. The van der Waals surface area contributed by atoms with Gasteiger partial charge in [-0.1, -0.05) is 41.5 Å². The fourth-order valence-corrected chi connectivity index (χ4v) is 4.63. The lowest BCUT2D eigenvalue weighted by Gasteiger charge is -2.42. The normalized spacial score (nSPS) is 15.8. The minimum atomic E-state index is -2.12. The summed E-state index contributed by atoms with van der Waals surface area (Å²) in [6, 6.07) is 6.17. The molecule has 1 aromatic rings.